The molecule has 0 aliphatic carbocycles. The Hall–Kier alpha value is -2.91. The Kier molecular flexibility index (Phi) is 6.07. The predicted molar refractivity (Wildman–Crippen MR) is 131 cm³/mol. The minimum absolute atomic E-state index is 0.00735. The van der Waals surface area contributed by atoms with Gasteiger partial charge in [0.1, 0.15) is 0 Å². The van der Waals surface area contributed by atoms with Crippen LogP contribution in [0.2, 0.25) is 0 Å². The van der Waals surface area contributed by atoms with Crippen LogP contribution < -0.4 is 19.9 Å². The van der Waals surface area contributed by atoms with E-state index < -0.39 is 0 Å². The van der Waals surface area contributed by atoms with E-state index in [-0.39, 0.29) is 17.2 Å². The molecule has 0 fully saturated rings. The Bertz CT molecular complexity index is 1290. The van der Waals surface area contributed by atoms with Gasteiger partial charge in [-0.3, -0.25) is 14.2 Å². The van der Waals surface area contributed by atoms with Crippen molar-refractivity contribution >= 4 is 35.1 Å². The molecule has 0 atom stereocenters. The van der Waals surface area contributed by atoms with Gasteiger partial charge in [0, 0.05) is 30.5 Å². The van der Waals surface area contributed by atoms with Crippen molar-refractivity contribution < 1.29 is 14.3 Å². The maximum atomic E-state index is 13.4. The van der Waals surface area contributed by atoms with E-state index >= 15 is 0 Å². The van der Waals surface area contributed by atoms with Gasteiger partial charge in [-0.1, -0.05) is 30.0 Å². The standard InChI is InChI=1S/C24H23N3O4S2/c1-30-19-8-7-16(13-20(19)31-2)27-23(29)22-17(10-12-32-22)25-24(27)33-14-21(28)26-11-9-15-5-3-4-6-18(15)26/h3-8,13H,9-12,14H2,1-2H3. The van der Waals surface area contributed by atoms with Crippen molar-refractivity contribution in [2.75, 3.05) is 37.2 Å². The lowest BCUT2D eigenvalue weighted by molar-refractivity contribution is -0.116. The summed E-state index contributed by atoms with van der Waals surface area (Å²) in [7, 11) is 3.13. The molecule has 0 saturated carbocycles. The number of methoxy groups -OCH3 is 2. The summed E-state index contributed by atoms with van der Waals surface area (Å²) in [5.74, 6) is 2.14. The highest BCUT2D eigenvalue weighted by Crippen LogP contribution is 2.34. The largest absolute Gasteiger partial charge is 0.493 e. The van der Waals surface area contributed by atoms with E-state index in [1.54, 1.807) is 37.0 Å². The molecule has 0 spiro atoms. The fraction of sp³-hybridized carbons (Fsp3) is 0.292. The van der Waals surface area contributed by atoms with Gasteiger partial charge < -0.3 is 14.4 Å². The number of carbonyl (C=O) groups is 1. The van der Waals surface area contributed by atoms with Crippen molar-refractivity contribution in [1.82, 2.24) is 9.55 Å². The van der Waals surface area contributed by atoms with Gasteiger partial charge in [0.15, 0.2) is 16.7 Å². The van der Waals surface area contributed by atoms with Crippen LogP contribution in [0.5, 0.6) is 11.5 Å². The highest BCUT2D eigenvalue weighted by Gasteiger charge is 2.27. The quantitative estimate of drug-likeness (QED) is 0.394. The molecule has 3 heterocycles. The second-order valence-electron chi connectivity index (χ2n) is 7.66. The summed E-state index contributed by atoms with van der Waals surface area (Å²) in [6, 6.07) is 13.3. The van der Waals surface area contributed by atoms with Crippen molar-refractivity contribution in [1.29, 1.82) is 0 Å². The molecule has 170 valence electrons. The fourth-order valence-corrected chi connectivity index (χ4v) is 6.11. The Morgan fingerprint density at radius 3 is 2.76 bits per heavy atom. The smallest absolute Gasteiger partial charge is 0.272 e. The molecule has 2 aliphatic heterocycles. The number of para-hydroxylation sites is 1. The molecule has 0 saturated heterocycles. The zero-order valence-corrected chi connectivity index (χ0v) is 20.0. The summed E-state index contributed by atoms with van der Waals surface area (Å²) < 4.78 is 12.4. The minimum atomic E-state index is -0.115. The number of aryl methyl sites for hydroxylation is 1. The predicted octanol–water partition coefficient (Wildman–Crippen LogP) is 3.58. The van der Waals surface area contributed by atoms with Gasteiger partial charge in [-0.05, 0) is 30.2 Å². The van der Waals surface area contributed by atoms with Crippen LogP contribution in [0.15, 0.2) is 57.3 Å². The monoisotopic (exact) mass is 481 g/mol. The summed E-state index contributed by atoms with van der Waals surface area (Å²) in [5, 5.41) is 0.509. The number of hydrogen-bond acceptors (Lipinski definition) is 7. The lowest BCUT2D eigenvalue weighted by Crippen LogP contribution is -2.31. The molecule has 5 rings (SSSR count). The summed E-state index contributed by atoms with van der Waals surface area (Å²) in [5.41, 5.74) is 3.48. The van der Waals surface area contributed by atoms with Crippen molar-refractivity contribution in [3.8, 4) is 17.2 Å². The van der Waals surface area contributed by atoms with Gasteiger partial charge in [-0.25, -0.2) is 4.98 Å². The highest BCUT2D eigenvalue weighted by atomic mass is 32.2. The minimum Gasteiger partial charge on any atom is -0.493 e. The fourth-order valence-electron chi connectivity index (χ4n) is 4.18. The second kappa shape index (κ2) is 9.15. The molecular formula is C24H23N3O4S2. The zero-order chi connectivity index (χ0) is 22.9. The number of hydrogen-bond donors (Lipinski definition) is 0. The molecule has 0 bridgehead atoms. The lowest BCUT2D eigenvalue weighted by atomic mass is 10.2. The molecule has 1 aromatic heterocycles. The Balaban J connectivity index is 1.49. The van der Waals surface area contributed by atoms with Crippen LogP contribution in [-0.4, -0.2) is 47.7 Å². The molecule has 9 heteroatoms. The van der Waals surface area contributed by atoms with Gasteiger partial charge in [-0.15, -0.1) is 11.8 Å². The summed E-state index contributed by atoms with van der Waals surface area (Å²) in [6.07, 6.45) is 1.61. The molecule has 3 aromatic rings. The lowest BCUT2D eigenvalue weighted by Gasteiger charge is -2.18. The topological polar surface area (TPSA) is 73.7 Å². The third-order valence-electron chi connectivity index (χ3n) is 5.80. The average molecular weight is 482 g/mol. The number of thioether (sulfide) groups is 2. The van der Waals surface area contributed by atoms with Crippen LogP contribution in [0.25, 0.3) is 5.69 Å². The summed E-state index contributed by atoms with van der Waals surface area (Å²) in [6.45, 7) is 0.676. The number of rotatable bonds is 6. The molecule has 0 unspecified atom stereocenters. The number of ether oxygens (including phenoxy) is 2. The first-order valence-corrected chi connectivity index (χ1v) is 12.6. The van der Waals surface area contributed by atoms with Gasteiger partial charge in [0.05, 0.1) is 36.2 Å². The van der Waals surface area contributed by atoms with Crippen LogP contribution in [0.3, 0.4) is 0 Å². The third kappa shape index (κ3) is 4.00. The first kappa shape index (κ1) is 21.9. The van der Waals surface area contributed by atoms with Gasteiger partial charge >= 0.3 is 0 Å². The van der Waals surface area contributed by atoms with Crippen LogP contribution in [0.1, 0.15) is 11.3 Å². The maximum absolute atomic E-state index is 13.4. The normalized spacial score (nSPS) is 14.2. The van der Waals surface area contributed by atoms with E-state index in [9.17, 15) is 9.59 Å². The number of carbonyl (C=O) groups excluding carboxylic acids is 1. The van der Waals surface area contributed by atoms with Gasteiger partial charge in [-0.2, -0.15) is 0 Å². The van der Waals surface area contributed by atoms with E-state index in [1.165, 1.54) is 29.1 Å². The number of benzene rings is 2. The average Bonchev–Trinajstić information content (AvgIpc) is 3.49. The molecular weight excluding hydrogens is 458 g/mol. The van der Waals surface area contributed by atoms with Crippen LogP contribution in [0.4, 0.5) is 5.69 Å². The van der Waals surface area contributed by atoms with Gasteiger partial charge in [0.25, 0.3) is 5.56 Å². The first-order valence-electron chi connectivity index (χ1n) is 10.6. The Morgan fingerprint density at radius 1 is 1.12 bits per heavy atom. The van der Waals surface area contributed by atoms with Crippen molar-refractivity contribution in [3.05, 3.63) is 64.1 Å². The molecule has 2 aliphatic rings. The summed E-state index contributed by atoms with van der Waals surface area (Å²) in [4.78, 5) is 33.8. The highest BCUT2D eigenvalue weighted by molar-refractivity contribution is 8.00. The number of anilines is 1. The van der Waals surface area contributed by atoms with Gasteiger partial charge in [0.2, 0.25) is 5.91 Å². The van der Waals surface area contributed by atoms with Crippen molar-refractivity contribution in [3.63, 3.8) is 0 Å². The molecule has 2 aromatic carbocycles. The zero-order valence-electron chi connectivity index (χ0n) is 18.4. The Labute approximate surface area is 200 Å². The molecule has 0 radical (unpaired) electrons. The second-order valence-corrected chi connectivity index (χ2v) is 9.71. The third-order valence-corrected chi connectivity index (χ3v) is 7.84. The van der Waals surface area contributed by atoms with Crippen molar-refractivity contribution in [2.24, 2.45) is 0 Å². The molecule has 1 amide bonds. The number of amides is 1. The van der Waals surface area contributed by atoms with E-state index in [0.717, 1.165) is 30.0 Å². The summed E-state index contributed by atoms with van der Waals surface area (Å²) >= 11 is 2.82. The SMILES string of the molecule is COc1ccc(-n2c(SCC(=O)N3CCc4ccccc43)nc3c(c2=O)SCC3)cc1OC. The van der Waals surface area contributed by atoms with E-state index in [0.29, 0.717) is 33.8 Å². The Morgan fingerprint density at radius 2 is 1.94 bits per heavy atom. The van der Waals surface area contributed by atoms with Crippen molar-refractivity contribution in [2.45, 2.75) is 22.9 Å². The van der Waals surface area contributed by atoms with E-state index in [1.807, 2.05) is 23.1 Å². The molecule has 0 N–H and O–H groups in total. The van der Waals surface area contributed by atoms with Crippen LogP contribution >= 0.6 is 23.5 Å². The van der Waals surface area contributed by atoms with Crippen LogP contribution in [-0.2, 0) is 17.6 Å². The van der Waals surface area contributed by atoms with Crippen LogP contribution in [0, 0.1) is 0 Å². The molecule has 33 heavy (non-hydrogen) atoms. The maximum Gasteiger partial charge on any atom is 0.272 e. The number of aromatic nitrogens is 2. The number of fused-ring (bicyclic) bond motifs is 2. The molecule has 7 nitrogen and oxygen atoms in total. The van der Waals surface area contributed by atoms with E-state index in [2.05, 4.69) is 6.07 Å². The first-order chi connectivity index (χ1) is 16.1. The number of nitrogens with zero attached hydrogens (tertiary/aromatic N) is 3. The van der Waals surface area contributed by atoms with E-state index in [4.69, 9.17) is 14.5 Å².